The second-order valence-electron chi connectivity index (χ2n) is 2.54. The summed E-state index contributed by atoms with van der Waals surface area (Å²) in [5, 5.41) is 0. The third kappa shape index (κ3) is 2.12. The fourth-order valence-electron chi connectivity index (χ4n) is 0.944. The third-order valence-electron chi connectivity index (χ3n) is 1.66. The molecule has 1 rings (SSSR count). The fraction of sp³-hybridized carbons (Fsp3) is 0.222. The highest BCUT2D eigenvalue weighted by Gasteiger charge is 2.21. The average molecular weight is 197 g/mol. The van der Waals surface area contributed by atoms with Gasteiger partial charge in [0.2, 0.25) is 0 Å². The van der Waals surface area contributed by atoms with Gasteiger partial charge in [-0.1, -0.05) is 0 Å². The highest BCUT2D eigenvalue weighted by atomic mass is 19.1. The van der Waals surface area contributed by atoms with E-state index in [9.17, 15) is 14.0 Å². The monoisotopic (exact) mass is 197 g/mol. The van der Waals surface area contributed by atoms with E-state index in [4.69, 9.17) is 0 Å². The smallest absolute Gasteiger partial charge is 0.322 e. The molecule has 0 N–H and O–H groups in total. The fourth-order valence-corrected chi connectivity index (χ4v) is 0.944. The maximum atomic E-state index is 12.5. The Balaban J connectivity index is 2.95. The van der Waals surface area contributed by atoms with Crippen LogP contribution in [0.15, 0.2) is 18.3 Å². The topological polar surface area (TPSA) is 56.3 Å². The van der Waals surface area contributed by atoms with Gasteiger partial charge < -0.3 is 9.53 Å². The second kappa shape index (κ2) is 4.45. The lowest BCUT2D eigenvalue weighted by atomic mass is 10.1. The molecule has 1 heterocycles. The predicted octanol–water partition coefficient (Wildman–Crippen LogP) is 0.676. The van der Waals surface area contributed by atoms with Gasteiger partial charge in [0.25, 0.3) is 0 Å². The van der Waals surface area contributed by atoms with E-state index in [-0.39, 0.29) is 5.69 Å². The molecule has 0 aliphatic rings. The molecule has 5 heteroatoms. The summed E-state index contributed by atoms with van der Waals surface area (Å²) in [5.74, 6) is -2.32. The molecule has 0 saturated heterocycles. The van der Waals surface area contributed by atoms with Gasteiger partial charge in [-0.2, -0.15) is 0 Å². The Bertz CT molecular complexity index is 336. The van der Waals surface area contributed by atoms with Gasteiger partial charge >= 0.3 is 5.97 Å². The number of pyridine rings is 1. The summed E-state index contributed by atoms with van der Waals surface area (Å²) in [6.07, 6.45) is 1.35. The van der Waals surface area contributed by atoms with Crippen LogP contribution in [0, 0.1) is 5.82 Å². The summed E-state index contributed by atoms with van der Waals surface area (Å²) in [6.45, 7) is 0. The van der Waals surface area contributed by atoms with Gasteiger partial charge in [-0.3, -0.25) is 9.78 Å². The molecule has 14 heavy (non-hydrogen) atoms. The van der Waals surface area contributed by atoms with Gasteiger partial charge in [-0.25, -0.2) is 4.39 Å². The number of esters is 1. The lowest BCUT2D eigenvalue weighted by Crippen LogP contribution is -2.16. The molecular weight excluding hydrogens is 189 g/mol. The molecule has 0 aliphatic carbocycles. The van der Waals surface area contributed by atoms with Crippen molar-refractivity contribution in [1.29, 1.82) is 0 Å². The summed E-state index contributed by atoms with van der Waals surface area (Å²) < 4.78 is 16.9. The maximum Gasteiger partial charge on any atom is 0.322 e. The van der Waals surface area contributed by atoms with Crippen LogP contribution < -0.4 is 0 Å². The number of hydrogen-bond donors (Lipinski definition) is 0. The minimum atomic E-state index is -1.08. The second-order valence-corrected chi connectivity index (χ2v) is 2.54. The number of carbonyl (C=O) groups excluding carboxylic acids is 2. The molecule has 0 radical (unpaired) electrons. The molecule has 0 aromatic carbocycles. The number of rotatable bonds is 3. The van der Waals surface area contributed by atoms with Crippen molar-refractivity contribution in [2.24, 2.45) is 0 Å². The molecule has 0 aliphatic heterocycles. The number of hydrogen-bond acceptors (Lipinski definition) is 4. The number of nitrogens with zero attached hydrogens (tertiary/aromatic N) is 1. The van der Waals surface area contributed by atoms with E-state index in [0.717, 1.165) is 12.3 Å². The van der Waals surface area contributed by atoms with Gasteiger partial charge in [0.15, 0.2) is 5.92 Å². The van der Waals surface area contributed by atoms with Gasteiger partial charge in [-0.05, 0) is 12.1 Å². The van der Waals surface area contributed by atoms with Crippen LogP contribution in [0.3, 0.4) is 0 Å². The zero-order chi connectivity index (χ0) is 10.6. The summed E-state index contributed by atoms with van der Waals surface area (Å²) in [7, 11) is 1.17. The molecule has 4 nitrogen and oxygen atoms in total. The minimum Gasteiger partial charge on any atom is -0.468 e. The number of ether oxygens (including phenoxy) is 1. The number of methoxy groups -OCH3 is 1. The van der Waals surface area contributed by atoms with Crippen LogP contribution >= 0.6 is 0 Å². The van der Waals surface area contributed by atoms with Crippen LogP contribution in [0.1, 0.15) is 11.6 Å². The van der Waals surface area contributed by atoms with Crippen molar-refractivity contribution >= 4 is 12.3 Å². The van der Waals surface area contributed by atoms with Crippen LogP contribution in [0.2, 0.25) is 0 Å². The molecule has 1 aromatic heterocycles. The van der Waals surface area contributed by atoms with Crippen LogP contribution in [0.5, 0.6) is 0 Å². The molecule has 0 fully saturated rings. The Hall–Kier alpha value is -1.78. The minimum absolute atomic E-state index is 0.174. The first-order valence-corrected chi connectivity index (χ1v) is 3.83. The maximum absolute atomic E-state index is 12.5. The largest absolute Gasteiger partial charge is 0.468 e. The van der Waals surface area contributed by atoms with E-state index in [1.807, 2.05) is 0 Å². The van der Waals surface area contributed by atoms with E-state index >= 15 is 0 Å². The van der Waals surface area contributed by atoms with Crippen molar-refractivity contribution in [1.82, 2.24) is 4.98 Å². The number of aromatic nitrogens is 1. The van der Waals surface area contributed by atoms with Crippen molar-refractivity contribution < 1.29 is 18.7 Å². The van der Waals surface area contributed by atoms with Crippen LogP contribution in [-0.4, -0.2) is 24.3 Å². The first-order chi connectivity index (χ1) is 6.69. The molecule has 74 valence electrons. The highest BCUT2D eigenvalue weighted by Crippen LogP contribution is 2.12. The van der Waals surface area contributed by atoms with E-state index in [1.54, 1.807) is 0 Å². The number of carbonyl (C=O) groups is 2. The normalized spacial score (nSPS) is 11.9. The molecule has 1 unspecified atom stereocenters. The zero-order valence-corrected chi connectivity index (χ0v) is 7.44. The molecule has 1 atom stereocenters. The van der Waals surface area contributed by atoms with Crippen molar-refractivity contribution in [3.05, 3.63) is 29.8 Å². The Labute approximate surface area is 79.7 Å². The Morgan fingerprint density at radius 3 is 2.79 bits per heavy atom. The van der Waals surface area contributed by atoms with E-state index in [1.165, 1.54) is 13.2 Å². The van der Waals surface area contributed by atoms with Crippen molar-refractivity contribution in [2.75, 3.05) is 7.11 Å². The van der Waals surface area contributed by atoms with Crippen LogP contribution in [0.25, 0.3) is 0 Å². The molecule has 1 aromatic rings. The number of halogens is 1. The van der Waals surface area contributed by atoms with Gasteiger partial charge in [-0.15, -0.1) is 0 Å². The Kier molecular flexibility index (Phi) is 3.28. The Morgan fingerprint density at radius 2 is 2.36 bits per heavy atom. The lowest BCUT2D eigenvalue weighted by molar-refractivity contribution is -0.143. The lowest BCUT2D eigenvalue weighted by Gasteiger charge is -2.06. The quantitative estimate of drug-likeness (QED) is 0.406. The first-order valence-electron chi connectivity index (χ1n) is 3.83. The average Bonchev–Trinajstić information content (AvgIpc) is 2.21. The standard InChI is InChI=1S/C9H8FNO3/c1-14-9(13)7(5-12)8-3-2-6(10)4-11-8/h2-5,7H,1H3. The summed E-state index contributed by atoms with van der Waals surface area (Å²) in [5.41, 5.74) is 0.174. The summed E-state index contributed by atoms with van der Waals surface area (Å²) in [4.78, 5) is 25.2. The summed E-state index contributed by atoms with van der Waals surface area (Å²) >= 11 is 0. The SMILES string of the molecule is COC(=O)C(C=O)c1ccc(F)cn1. The summed E-state index contributed by atoms with van der Waals surface area (Å²) in [6, 6.07) is 2.40. The van der Waals surface area contributed by atoms with Crippen molar-refractivity contribution in [3.63, 3.8) is 0 Å². The molecular formula is C9H8FNO3. The van der Waals surface area contributed by atoms with Gasteiger partial charge in [0, 0.05) is 0 Å². The van der Waals surface area contributed by atoms with Crippen molar-refractivity contribution in [2.45, 2.75) is 5.92 Å². The van der Waals surface area contributed by atoms with Crippen LogP contribution in [0.4, 0.5) is 4.39 Å². The van der Waals surface area contributed by atoms with E-state index in [0.29, 0.717) is 6.29 Å². The van der Waals surface area contributed by atoms with Crippen molar-refractivity contribution in [3.8, 4) is 0 Å². The Morgan fingerprint density at radius 1 is 1.64 bits per heavy atom. The molecule has 0 bridgehead atoms. The third-order valence-corrected chi connectivity index (χ3v) is 1.66. The molecule has 0 spiro atoms. The predicted molar refractivity (Wildman–Crippen MR) is 45.0 cm³/mol. The van der Waals surface area contributed by atoms with Crippen LogP contribution in [-0.2, 0) is 14.3 Å². The molecule has 0 amide bonds. The number of aldehydes is 1. The highest BCUT2D eigenvalue weighted by molar-refractivity contribution is 5.93. The first kappa shape index (κ1) is 10.3. The van der Waals surface area contributed by atoms with Gasteiger partial charge in [0.1, 0.15) is 12.1 Å². The molecule has 0 saturated carbocycles. The van der Waals surface area contributed by atoms with E-state index in [2.05, 4.69) is 9.72 Å². The zero-order valence-electron chi connectivity index (χ0n) is 7.44. The van der Waals surface area contributed by atoms with E-state index < -0.39 is 17.7 Å². The van der Waals surface area contributed by atoms with Gasteiger partial charge in [0.05, 0.1) is 19.0 Å².